The number of amides is 1. The molecule has 2 aromatic carbocycles. The van der Waals surface area contributed by atoms with Crippen LogP contribution < -0.4 is 0 Å². The first-order valence-corrected chi connectivity index (χ1v) is 9.93. The van der Waals surface area contributed by atoms with Crippen LogP contribution in [0.4, 0.5) is 0 Å². The maximum absolute atomic E-state index is 13.0. The maximum atomic E-state index is 13.0. The van der Waals surface area contributed by atoms with Gasteiger partial charge >= 0.3 is 0 Å². The van der Waals surface area contributed by atoms with Crippen LogP contribution >= 0.6 is 46.4 Å². The van der Waals surface area contributed by atoms with Crippen LogP contribution in [-0.4, -0.2) is 23.2 Å². The molecule has 0 bridgehead atoms. The van der Waals surface area contributed by atoms with Crippen LogP contribution in [0, 0.1) is 5.41 Å². The van der Waals surface area contributed by atoms with Crippen molar-refractivity contribution in [1.29, 1.82) is 0 Å². The van der Waals surface area contributed by atoms with Crippen LogP contribution in [0.15, 0.2) is 42.5 Å². The molecule has 0 heterocycles. The highest BCUT2D eigenvalue weighted by atomic mass is 35.5. The molecule has 2 aromatic rings. The highest BCUT2D eigenvalue weighted by Crippen LogP contribution is 2.25. The summed E-state index contributed by atoms with van der Waals surface area (Å²) in [5.41, 5.74) is 1.32. The number of benzene rings is 2. The van der Waals surface area contributed by atoms with Crippen LogP contribution in [0.25, 0.3) is 0 Å². The summed E-state index contributed by atoms with van der Waals surface area (Å²) in [6, 6.07) is 12.9. The van der Waals surface area contributed by atoms with E-state index in [2.05, 4.69) is 0 Å². The highest BCUT2D eigenvalue weighted by molar-refractivity contribution is 6.35. The Morgan fingerprint density at radius 1 is 1.00 bits per heavy atom. The van der Waals surface area contributed by atoms with E-state index in [9.17, 15) is 4.79 Å². The van der Waals surface area contributed by atoms with E-state index in [-0.39, 0.29) is 11.8 Å². The van der Waals surface area contributed by atoms with Gasteiger partial charge in [-0.2, -0.15) is 0 Å². The molecule has 0 radical (unpaired) electrons. The van der Waals surface area contributed by atoms with Gasteiger partial charge in [0.2, 0.25) is 5.91 Å². The lowest BCUT2D eigenvalue weighted by molar-refractivity contribution is -0.139. The van der Waals surface area contributed by atoms with E-state index in [1.165, 1.54) is 0 Å². The van der Waals surface area contributed by atoms with Gasteiger partial charge in [-0.3, -0.25) is 4.79 Å². The molecule has 0 N–H and O–H groups in total. The third-order valence-electron chi connectivity index (χ3n) is 4.15. The predicted octanol–water partition coefficient (Wildman–Crippen LogP) is 6.48. The molecule has 0 aromatic heterocycles. The van der Waals surface area contributed by atoms with Crippen molar-refractivity contribution in [1.82, 2.24) is 4.90 Å². The normalized spacial score (nSPS) is 11.5. The van der Waals surface area contributed by atoms with E-state index in [0.717, 1.165) is 11.1 Å². The minimum absolute atomic E-state index is 0.00698. The third kappa shape index (κ3) is 5.79. The second-order valence-corrected chi connectivity index (χ2v) is 8.40. The van der Waals surface area contributed by atoms with E-state index >= 15 is 0 Å². The molecule has 2 nitrogen and oxygen atoms in total. The minimum Gasteiger partial charge on any atom is -0.338 e. The molecule has 0 aliphatic heterocycles. The van der Waals surface area contributed by atoms with Crippen molar-refractivity contribution < 1.29 is 4.79 Å². The number of alkyl halides is 1. The maximum Gasteiger partial charge on any atom is 0.229 e. The van der Waals surface area contributed by atoms with E-state index in [4.69, 9.17) is 46.4 Å². The Hall–Kier alpha value is -0.930. The van der Waals surface area contributed by atoms with Gasteiger partial charge in [-0.05, 0) is 55.7 Å². The molecular weight excluding hydrogens is 412 g/mol. The molecule has 140 valence electrons. The summed E-state index contributed by atoms with van der Waals surface area (Å²) in [6.07, 6.45) is 0.633. The summed E-state index contributed by atoms with van der Waals surface area (Å²) < 4.78 is 0. The van der Waals surface area contributed by atoms with E-state index < -0.39 is 5.41 Å². The van der Waals surface area contributed by atoms with Crippen molar-refractivity contribution in [3.63, 3.8) is 0 Å². The van der Waals surface area contributed by atoms with Crippen LogP contribution in [-0.2, 0) is 17.8 Å². The molecule has 2 rings (SSSR count). The monoisotopic (exact) mass is 431 g/mol. The van der Waals surface area contributed by atoms with Gasteiger partial charge in [-0.25, -0.2) is 0 Å². The molecule has 0 fully saturated rings. The lowest BCUT2D eigenvalue weighted by atomic mass is 9.93. The zero-order chi connectivity index (χ0) is 19.3. The average Bonchev–Trinajstić information content (AvgIpc) is 2.61. The largest absolute Gasteiger partial charge is 0.338 e. The van der Waals surface area contributed by atoms with Crippen molar-refractivity contribution in [2.24, 2.45) is 5.41 Å². The van der Waals surface area contributed by atoms with Crippen molar-refractivity contribution in [2.75, 3.05) is 12.4 Å². The van der Waals surface area contributed by atoms with Gasteiger partial charge in [0.25, 0.3) is 0 Å². The Labute approximate surface area is 175 Å². The van der Waals surface area contributed by atoms with E-state index in [1.54, 1.807) is 12.1 Å². The standard InChI is InChI=1S/C20H21Cl4NO/c1-20(2,13-21)19(26)25(12-14-3-6-16(22)7-4-14)10-9-15-5-8-17(23)11-18(15)24/h3-8,11H,9-10,12-13H2,1-2H3. The third-order valence-corrected chi connectivity index (χ3v) is 5.66. The summed E-state index contributed by atoms with van der Waals surface area (Å²) in [7, 11) is 0. The fourth-order valence-corrected chi connectivity index (χ4v) is 3.27. The number of hydrogen-bond donors (Lipinski definition) is 0. The minimum atomic E-state index is -0.641. The molecule has 0 saturated heterocycles. The quantitative estimate of drug-likeness (QED) is 0.458. The van der Waals surface area contributed by atoms with Gasteiger partial charge < -0.3 is 4.90 Å². The molecule has 0 atom stereocenters. The van der Waals surface area contributed by atoms with Crippen LogP contribution in [0.1, 0.15) is 25.0 Å². The molecule has 26 heavy (non-hydrogen) atoms. The lowest BCUT2D eigenvalue weighted by Crippen LogP contribution is -2.42. The lowest BCUT2D eigenvalue weighted by Gasteiger charge is -2.31. The van der Waals surface area contributed by atoms with Crippen molar-refractivity contribution in [2.45, 2.75) is 26.8 Å². The van der Waals surface area contributed by atoms with Gasteiger partial charge in [-0.1, -0.05) is 53.0 Å². The first-order valence-electron chi connectivity index (χ1n) is 8.26. The zero-order valence-electron chi connectivity index (χ0n) is 14.7. The summed E-state index contributed by atoms with van der Waals surface area (Å²) in [4.78, 5) is 14.8. The molecule has 0 spiro atoms. The number of halogens is 4. The molecule has 1 amide bonds. The van der Waals surface area contributed by atoms with Crippen LogP contribution in [0.3, 0.4) is 0 Å². The molecule has 0 saturated carbocycles. The molecule has 0 aliphatic rings. The fraction of sp³-hybridized carbons (Fsp3) is 0.350. The Morgan fingerprint density at radius 3 is 2.19 bits per heavy atom. The second-order valence-electron chi connectivity index (χ2n) is 6.86. The SMILES string of the molecule is CC(C)(CCl)C(=O)N(CCc1ccc(Cl)cc1Cl)Cc1ccc(Cl)cc1. The highest BCUT2D eigenvalue weighted by Gasteiger charge is 2.31. The van der Waals surface area contributed by atoms with Crippen molar-refractivity contribution >= 4 is 52.3 Å². The Balaban J connectivity index is 2.19. The van der Waals surface area contributed by atoms with Crippen molar-refractivity contribution in [3.8, 4) is 0 Å². The topological polar surface area (TPSA) is 20.3 Å². The number of rotatable bonds is 7. The van der Waals surface area contributed by atoms with Gasteiger partial charge in [0.05, 0.1) is 5.41 Å². The summed E-state index contributed by atoms with van der Waals surface area (Å²) in [5.74, 6) is 0.262. The second kappa shape index (κ2) is 9.32. The Kier molecular flexibility index (Phi) is 7.66. The average molecular weight is 433 g/mol. The van der Waals surface area contributed by atoms with Crippen LogP contribution in [0.5, 0.6) is 0 Å². The Bertz CT molecular complexity index is 759. The van der Waals surface area contributed by atoms with Crippen LogP contribution in [0.2, 0.25) is 15.1 Å². The number of nitrogens with zero attached hydrogens (tertiary/aromatic N) is 1. The zero-order valence-corrected chi connectivity index (χ0v) is 17.8. The summed E-state index contributed by atoms with van der Waals surface area (Å²) in [5, 5.41) is 1.87. The van der Waals surface area contributed by atoms with Gasteiger partial charge in [0.1, 0.15) is 0 Å². The first-order chi connectivity index (χ1) is 12.2. The first kappa shape index (κ1) is 21.4. The molecule has 6 heteroatoms. The van der Waals surface area contributed by atoms with Gasteiger partial charge in [0, 0.05) is 34.0 Å². The Morgan fingerprint density at radius 2 is 1.62 bits per heavy atom. The number of carbonyl (C=O) groups excluding carboxylic acids is 1. The van der Waals surface area contributed by atoms with Crippen molar-refractivity contribution in [3.05, 3.63) is 68.7 Å². The molecule has 0 aliphatic carbocycles. The summed E-state index contributed by atoms with van der Waals surface area (Å²) >= 11 is 24.2. The summed E-state index contributed by atoms with van der Waals surface area (Å²) in [6.45, 7) is 4.73. The molecular formula is C20H21Cl4NO. The van der Waals surface area contributed by atoms with Gasteiger partial charge in [-0.15, -0.1) is 11.6 Å². The smallest absolute Gasteiger partial charge is 0.229 e. The fourth-order valence-electron chi connectivity index (χ4n) is 2.53. The van der Waals surface area contributed by atoms with E-state index in [1.807, 2.05) is 49.1 Å². The predicted molar refractivity (Wildman–Crippen MR) is 112 cm³/mol. The van der Waals surface area contributed by atoms with Gasteiger partial charge in [0.15, 0.2) is 0 Å². The number of carbonyl (C=O) groups is 1. The van der Waals surface area contributed by atoms with E-state index in [0.29, 0.717) is 34.6 Å². The number of hydrogen-bond acceptors (Lipinski definition) is 1. The molecule has 0 unspecified atom stereocenters.